The zero-order valence-electron chi connectivity index (χ0n) is 9.05. The summed E-state index contributed by atoms with van der Waals surface area (Å²) in [5.74, 6) is -0.777. The van der Waals surface area contributed by atoms with Crippen molar-refractivity contribution in [1.82, 2.24) is 5.06 Å². The first-order chi connectivity index (χ1) is 8.54. The van der Waals surface area contributed by atoms with Crippen molar-refractivity contribution in [1.29, 1.82) is 0 Å². The summed E-state index contributed by atoms with van der Waals surface area (Å²) in [7, 11) is 0. The Morgan fingerprint density at radius 1 is 1.39 bits per heavy atom. The fourth-order valence-electron chi connectivity index (χ4n) is 1.79. The van der Waals surface area contributed by atoms with Crippen LogP contribution in [0.4, 0.5) is 5.69 Å². The Balaban J connectivity index is 2.28. The highest BCUT2D eigenvalue weighted by atomic mass is 16.6. The number of benzene rings is 1. The molecule has 1 fully saturated rings. The third-order valence-electron chi connectivity index (χ3n) is 2.75. The Labute approximate surface area is 101 Å². The van der Waals surface area contributed by atoms with Gasteiger partial charge in [0.2, 0.25) is 0 Å². The first kappa shape index (κ1) is 12.0. The van der Waals surface area contributed by atoms with Gasteiger partial charge in [-0.25, -0.2) is 5.06 Å². The lowest BCUT2D eigenvalue weighted by atomic mass is 10.0. The number of hydrogen-bond donors (Lipinski definition) is 2. The molecule has 0 radical (unpaired) electrons. The SMILES string of the molecule is O=C1/C(=N\O)CC(c2ccc([N+](=O)[O-])cc2)N1O. The van der Waals surface area contributed by atoms with E-state index in [1.165, 1.54) is 24.3 Å². The highest BCUT2D eigenvalue weighted by Gasteiger charge is 2.37. The van der Waals surface area contributed by atoms with Gasteiger partial charge in [-0.05, 0) is 5.56 Å². The van der Waals surface area contributed by atoms with Gasteiger partial charge in [-0.2, -0.15) is 0 Å². The topological polar surface area (TPSA) is 116 Å². The normalized spacial score (nSPS) is 21.6. The van der Waals surface area contributed by atoms with Crippen molar-refractivity contribution in [3.8, 4) is 0 Å². The van der Waals surface area contributed by atoms with Crippen LogP contribution in [-0.4, -0.2) is 32.0 Å². The summed E-state index contributed by atoms with van der Waals surface area (Å²) in [6.45, 7) is 0. The van der Waals surface area contributed by atoms with Gasteiger partial charge in [0.1, 0.15) is 5.71 Å². The van der Waals surface area contributed by atoms with Crippen LogP contribution in [0, 0.1) is 10.1 Å². The number of carbonyl (C=O) groups is 1. The number of rotatable bonds is 2. The zero-order chi connectivity index (χ0) is 13.3. The Kier molecular flexibility index (Phi) is 2.94. The maximum Gasteiger partial charge on any atom is 0.295 e. The molecule has 0 aliphatic carbocycles. The van der Waals surface area contributed by atoms with Crippen LogP contribution in [0.25, 0.3) is 0 Å². The fourth-order valence-corrected chi connectivity index (χ4v) is 1.79. The number of hydroxylamine groups is 2. The number of amides is 1. The van der Waals surface area contributed by atoms with Gasteiger partial charge in [-0.3, -0.25) is 20.1 Å². The van der Waals surface area contributed by atoms with Crippen LogP contribution in [0.2, 0.25) is 0 Å². The molecule has 1 amide bonds. The smallest absolute Gasteiger partial charge is 0.295 e. The average Bonchev–Trinajstić information content (AvgIpc) is 2.66. The minimum Gasteiger partial charge on any atom is -0.410 e. The van der Waals surface area contributed by atoms with Gasteiger partial charge in [0.25, 0.3) is 11.6 Å². The van der Waals surface area contributed by atoms with E-state index in [2.05, 4.69) is 5.16 Å². The van der Waals surface area contributed by atoms with Crippen LogP contribution < -0.4 is 0 Å². The lowest BCUT2D eigenvalue weighted by Gasteiger charge is -2.16. The van der Waals surface area contributed by atoms with E-state index >= 15 is 0 Å². The summed E-state index contributed by atoms with van der Waals surface area (Å²) >= 11 is 0. The molecule has 1 aliphatic rings. The van der Waals surface area contributed by atoms with Gasteiger partial charge in [0.15, 0.2) is 0 Å². The van der Waals surface area contributed by atoms with Crippen LogP contribution in [-0.2, 0) is 4.79 Å². The molecule has 1 aromatic rings. The van der Waals surface area contributed by atoms with E-state index in [0.29, 0.717) is 10.6 Å². The lowest BCUT2D eigenvalue weighted by molar-refractivity contribution is -0.384. The van der Waals surface area contributed by atoms with Crippen molar-refractivity contribution in [3.63, 3.8) is 0 Å². The predicted molar refractivity (Wildman–Crippen MR) is 58.3 cm³/mol. The van der Waals surface area contributed by atoms with Gasteiger partial charge in [-0.15, -0.1) is 0 Å². The Morgan fingerprint density at radius 3 is 2.44 bits per heavy atom. The quantitative estimate of drug-likeness (QED) is 0.353. The molecule has 0 aromatic heterocycles. The number of oxime groups is 1. The molecule has 2 N–H and O–H groups in total. The lowest BCUT2D eigenvalue weighted by Crippen LogP contribution is -2.25. The number of hydrogen-bond acceptors (Lipinski definition) is 6. The molecule has 0 saturated carbocycles. The molecular formula is C10H9N3O5. The molecule has 1 unspecified atom stereocenters. The molecule has 8 heteroatoms. The first-order valence-electron chi connectivity index (χ1n) is 5.02. The van der Waals surface area contributed by atoms with Crippen molar-refractivity contribution in [2.45, 2.75) is 12.5 Å². The second-order valence-electron chi connectivity index (χ2n) is 3.76. The van der Waals surface area contributed by atoms with Crippen molar-refractivity contribution in [2.75, 3.05) is 0 Å². The molecule has 0 spiro atoms. The van der Waals surface area contributed by atoms with Crippen molar-refractivity contribution in [2.24, 2.45) is 5.16 Å². The van der Waals surface area contributed by atoms with E-state index in [1.807, 2.05) is 0 Å². The number of nitrogens with zero attached hydrogens (tertiary/aromatic N) is 3. The highest BCUT2D eigenvalue weighted by molar-refractivity contribution is 6.40. The Bertz CT molecular complexity index is 525. The van der Waals surface area contributed by atoms with Crippen LogP contribution in [0.1, 0.15) is 18.0 Å². The van der Waals surface area contributed by atoms with Crippen LogP contribution in [0.3, 0.4) is 0 Å². The maximum absolute atomic E-state index is 11.4. The number of non-ortho nitro benzene ring substituents is 1. The molecule has 0 bridgehead atoms. The molecule has 8 nitrogen and oxygen atoms in total. The van der Waals surface area contributed by atoms with E-state index < -0.39 is 16.9 Å². The zero-order valence-corrected chi connectivity index (χ0v) is 9.05. The summed E-state index contributed by atoms with van der Waals surface area (Å²) in [6.07, 6.45) is 0.0453. The van der Waals surface area contributed by atoms with Gasteiger partial charge in [0.05, 0.1) is 11.0 Å². The summed E-state index contributed by atoms with van der Waals surface area (Å²) in [6, 6.07) is 4.76. The summed E-state index contributed by atoms with van der Waals surface area (Å²) in [5.41, 5.74) is 0.291. The van der Waals surface area contributed by atoms with E-state index in [0.717, 1.165) is 0 Å². The number of nitro groups is 1. The molecule has 18 heavy (non-hydrogen) atoms. The standard InChI is InChI=1S/C10H9N3O5/c14-10-8(11-15)5-9(12(10)16)6-1-3-7(4-2-6)13(17)18/h1-4,9,15-16H,5H2/b11-8-. The molecule has 94 valence electrons. The van der Waals surface area contributed by atoms with Crippen molar-refractivity contribution < 1.29 is 20.1 Å². The largest absolute Gasteiger partial charge is 0.410 e. The monoisotopic (exact) mass is 251 g/mol. The molecule has 1 atom stereocenters. The molecule has 1 heterocycles. The minimum absolute atomic E-state index is 0.0453. The summed E-state index contributed by atoms with van der Waals surface area (Å²) < 4.78 is 0. The van der Waals surface area contributed by atoms with Crippen molar-refractivity contribution >= 4 is 17.3 Å². The summed E-state index contributed by atoms with van der Waals surface area (Å²) in [4.78, 5) is 21.3. The predicted octanol–water partition coefficient (Wildman–Crippen LogP) is 1.09. The third-order valence-corrected chi connectivity index (χ3v) is 2.75. The molecule has 1 aliphatic heterocycles. The van der Waals surface area contributed by atoms with Crippen LogP contribution in [0.5, 0.6) is 0 Å². The molecular weight excluding hydrogens is 242 g/mol. The Hall–Kier alpha value is -2.48. The van der Waals surface area contributed by atoms with E-state index in [4.69, 9.17) is 5.21 Å². The van der Waals surface area contributed by atoms with Gasteiger partial charge < -0.3 is 5.21 Å². The molecule has 2 rings (SSSR count). The second kappa shape index (κ2) is 4.41. The molecule has 1 saturated heterocycles. The van der Waals surface area contributed by atoms with Gasteiger partial charge >= 0.3 is 0 Å². The third kappa shape index (κ3) is 1.89. The maximum atomic E-state index is 11.4. The highest BCUT2D eigenvalue weighted by Crippen LogP contribution is 2.30. The Morgan fingerprint density at radius 2 is 2.00 bits per heavy atom. The van der Waals surface area contributed by atoms with Gasteiger partial charge in [-0.1, -0.05) is 17.3 Å². The van der Waals surface area contributed by atoms with E-state index in [9.17, 15) is 20.1 Å². The number of nitro benzene ring substituents is 1. The average molecular weight is 251 g/mol. The summed E-state index contributed by atoms with van der Waals surface area (Å²) in [5, 5.41) is 31.9. The van der Waals surface area contributed by atoms with Crippen LogP contribution in [0.15, 0.2) is 29.4 Å². The second-order valence-corrected chi connectivity index (χ2v) is 3.76. The number of carbonyl (C=O) groups excluding carboxylic acids is 1. The van der Waals surface area contributed by atoms with E-state index in [-0.39, 0.29) is 17.8 Å². The minimum atomic E-state index is -0.777. The fraction of sp³-hybridized carbons (Fsp3) is 0.200. The first-order valence-corrected chi connectivity index (χ1v) is 5.02. The van der Waals surface area contributed by atoms with Gasteiger partial charge in [0, 0.05) is 18.6 Å². The van der Waals surface area contributed by atoms with Crippen LogP contribution >= 0.6 is 0 Å². The van der Waals surface area contributed by atoms with E-state index in [1.54, 1.807) is 0 Å². The van der Waals surface area contributed by atoms with Crippen molar-refractivity contribution in [3.05, 3.63) is 39.9 Å². The molecule has 1 aromatic carbocycles.